The highest BCUT2D eigenvalue weighted by atomic mass is 19.1. The molecule has 9 heteroatoms. The summed E-state index contributed by atoms with van der Waals surface area (Å²) in [4.78, 5) is 24.5. The van der Waals surface area contributed by atoms with Crippen LogP contribution in [0.25, 0.3) is 11.1 Å². The molecule has 0 saturated heterocycles. The maximum Gasteiger partial charge on any atom is 0.234 e. The quantitative estimate of drug-likeness (QED) is 0.322. The molecule has 3 aromatic rings. The van der Waals surface area contributed by atoms with E-state index in [0.717, 1.165) is 42.5 Å². The van der Waals surface area contributed by atoms with Gasteiger partial charge < -0.3 is 14.6 Å². The molecule has 2 bridgehead atoms. The van der Waals surface area contributed by atoms with E-state index >= 15 is 0 Å². The second-order valence-electron chi connectivity index (χ2n) is 12.3. The lowest BCUT2D eigenvalue weighted by atomic mass is 9.42. The number of aromatic nitrogens is 3. The van der Waals surface area contributed by atoms with Crippen molar-refractivity contribution in [1.29, 1.82) is 0 Å². The minimum absolute atomic E-state index is 0.0163. The Morgan fingerprint density at radius 3 is 2.62 bits per heavy atom. The number of fused-ring (bicyclic) bond motifs is 1. The third-order valence-corrected chi connectivity index (χ3v) is 7.90. The first-order valence-corrected chi connectivity index (χ1v) is 13.6. The molecule has 1 amide bonds. The van der Waals surface area contributed by atoms with Gasteiger partial charge in [-0.2, -0.15) is 4.98 Å². The van der Waals surface area contributed by atoms with Crippen molar-refractivity contribution < 1.29 is 18.4 Å². The van der Waals surface area contributed by atoms with Crippen LogP contribution in [0.1, 0.15) is 71.0 Å². The zero-order valence-corrected chi connectivity index (χ0v) is 22.7. The number of halogens is 1. The minimum Gasteiger partial charge on any atom is -0.439 e. The number of hydrogen-bond acceptors (Lipinski definition) is 7. The largest absolute Gasteiger partial charge is 0.439 e. The first-order chi connectivity index (χ1) is 18.5. The van der Waals surface area contributed by atoms with E-state index in [0.29, 0.717) is 55.0 Å². The third kappa shape index (κ3) is 4.79. The number of rotatable bonds is 9. The molecular weight excluding hydrogens is 497 g/mol. The molecule has 3 heterocycles. The zero-order chi connectivity index (χ0) is 27.4. The van der Waals surface area contributed by atoms with Gasteiger partial charge in [-0.15, -0.1) is 0 Å². The highest BCUT2D eigenvalue weighted by Gasteiger charge is 2.73. The minimum atomic E-state index is -1.14. The van der Waals surface area contributed by atoms with Gasteiger partial charge in [0.25, 0.3) is 0 Å². The highest BCUT2D eigenvalue weighted by molar-refractivity contribution is 6.00. The summed E-state index contributed by atoms with van der Waals surface area (Å²) in [5.74, 6) is 3.13. The van der Waals surface area contributed by atoms with Gasteiger partial charge in [-0.1, -0.05) is 38.4 Å². The summed E-state index contributed by atoms with van der Waals surface area (Å²) in [6.45, 7) is 10.5. The van der Waals surface area contributed by atoms with E-state index < -0.39 is 11.1 Å². The van der Waals surface area contributed by atoms with Crippen molar-refractivity contribution in [3.8, 4) is 16.9 Å². The van der Waals surface area contributed by atoms with E-state index in [-0.39, 0.29) is 11.3 Å². The summed E-state index contributed by atoms with van der Waals surface area (Å²) in [6.07, 6.45) is 5.97. The lowest BCUT2D eigenvalue weighted by Crippen LogP contribution is -2.70. The van der Waals surface area contributed by atoms with Crippen LogP contribution in [0, 0.1) is 5.41 Å². The number of nitrogens with one attached hydrogen (secondary N) is 1. The molecule has 7 rings (SSSR count). The summed E-state index contributed by atoms with van der Waals surface area (Å²) < 4.78 is 25.4. The number of ether oxygens (including phenoxy) is 1. The van der Waals surface area contributed by atoms with E-state index in [4.69, 9.17) is 9.26 Å². The maximum atomic E-state index is 14.3. The van der Waals surface area contributed by atoms with Crippen LogP contribution in [0.2, 0.25) is 0 Å². The van der Waals surface area contributed by atoms with Crippen LogP contribution in [0.3, 0.4) is 0 Å². The molecule has 0 spiro atoms. The highest BCUT2D eigenvalue weighted by Crippen LogP contribution is 2.70. The van der Waals surface area contributed by atoms with Gasteiger partial charge in [-0.25, -0.2) is 9.37 Å². The van der Waals surface area contributed by atoms with Crippen LogP contribution in [-0.2, 0) is 16.6 Å². The van der Waals surface area contributed by atoms with Crippen molar-refractivity contribution >= 4 is 17.4 Å². The van der Waals surface area contributed by atoms with Crippen LogP contribution in [0.4, 0.5) is 15.9 Å². The van der Waals surface area contributed by atoms with Gasteiger partial charge in [0.15, 0.2) is 17.5 Å². The topological polar surface area (TPSA) is 93.4 Å². The van der Waals surface area contributed by atoms with Gasteiger partial charge in [-0.05, 0) is 74.1 Å². The Morgan fingerprint density at radius 1 is 1.13 bits per heavy atom. The molecule has 204 valence electrons. The van der Waals surface area contributed by atoms with Crippen LogP contribution < -0.4 is 15.0 Å². The molecule has 3 aliphatic carbocycles. The number of carbonyl (C=O) groups excluding carboxylic acids is 1. The lowest BCUT2D eigenvalue weighted by molar-refractivity contribution is -0.211. The van der Waals surface area contributed by atoms with Crippen molar-refractivity contribution in [3.63, 3.8) is 0 Å². The molecule has 1 aromatic carbocycles. The van der Waals surface area contributed by atoms with Crippen LogP contribution in [-0.4, -0.2) is 33.2 Å². The number of alkyl halides is 1. The van der Waals surface area contributed by atoms with Gasteiger partial charge in [0.05, 0.1) is 11.1 Å². The standard InChI is InChI=1S/C30H34FN5O3/c1-19-33-22-10-9-20(14-23(22)38-19)21-11-12-32-25(15-21)36(27(37)29-16-30(31,17-29)18-29)13-7-5-6-8-24-34-26(39-35-24)28(2,3)4/h9-12,14-15,33H,1,5-8,13,16-18H2,2-4H3. The Bertz CT molecular complexity index is 1420. The molecule has 0 atom stereocenters. The van der Waals surface area contributed by atoms with Crippen LogP contribution >= 0.6 is 0 Å². The van der Waals surface area contributed by atoms with Gasteiger partial charge in [-0.3, -0.25) is 9.69 Å². The number of amides is 1. The number of hydrogen-bond donors (Lipinski definition) is 1. The van der Waals surface area contributed by atoms with Crippen molar-refractivity contribution in [1.82, 2.24) is 15.1 Å². The predicted octanol–water partition coefficient (Wildman–Crippen LogP) is 6.34. The van der Waals surface area contributed by atoms with Crippen LogP contribution in [0.5, 0.6) is 5.75 Å². The molecule has 8 nitrogen and oxygen atoms in total. The van der Waals surface area contributed by atoms with Gasteiger partial charge >= 0.3 is 0 Å². The van der Waals surface area contributed by atoms with Crippen molar-refractivity contribution in [2.24, 2.45) is 5.41 Å². The normalized spacial score (nSPS) is 22.8. The average molecular weight is 532 g/mol. The first kappa shape index (κ1) is 25.5. The molecule has 1 N–H and O–H groups in total. The van der Waals surface area contributed by atoms with Gasteiger partial charge in [0, 0.05) is 24.6 Å². The average Bonchev–Trinajstić information content (AvgIpc) is 3.49. The Hall–Kier alpha value is -3.75. The van der Waals surface area contributed by atoms with E-state index in [9.17, 15) is 9.18 Å². The van der Waals surface area contributed by atoms with E-state index in [1.165, 1.54) is 0 Å². The van der Waals surface area contributed by atoms with Crippen molar-refractivity contribution in [3.05, 3.63) is 60.7 Å². The fraction of sp³-hybridized carbons (Fsp3) is 0.467. The van der Waals surface area contributed by atoms with Crippen molar-refractivity contribution in [2.45, 2.75) is 76.8 Å². The molecular formula is C30H34FN5O3. The maximum absolute atomic E-state index is 14.3. The molecule has 4 aliphatic rings. The summed E-state index contributed by atoms with van der Waals surface area (Å²) in [5, 5.41) is 7.19. The Balaban J connectivity index is 1.15. The molecule has 0 unspecified atom stereocenters. The van der Waals surface area contributed by atoms with E-state index in [1.807, 2.05) is 51.1 Å². The number of nitrogens with zero attached hydrogens (tertiary/aromatic N) is 4. The summed E-state index contributed by atoms with van der Waals surface area (Å²) in [5.41, 5.74) is 0.848. The molecule has 0 radical (unpaired) electrons. The molecule has 39 heavy (non-hydrogen) atoms. The Labute approximate surface area is 227 Å². The SMILES string of the molecule is C=C1Nc2ccc(-c3ccnc(N(CCCCCc4noc(C(C)(C)C)n4)C(=O)C45CC(F)(C4)C5)c3)cc2O1. The number of pyridine rings is 1. The second-order valence-corrected chi connectivity index (χ2v) is 12.3. The van der Waals surface area contributed by atoms with E-state index in [2.05, 4.69) is 27.0 Å². The number of aryl methyl sites for hydroxylation is 1. The van der Waals surface area contributed by atoms with Crippen molar-refractivity contribution in [2.75, 3.05) is 16.8 Å². The Morgan fingerprint density at radius 2 is 1.90 bits per heavy atom. The fourth-order valence-electron chi connectivity index (χ4n) is 5.83. The number of benzene rings is 1. The summed E-state index contributed by atoms with van der Waals surface area (Å²) >= 11 is 0. The molecule has 1 aliphatic heterocycles. The summed E-state index contributed by atoms with van der Waals surface area (Å²) in [6, 6.07) is 9.74. The van der Waals surface area contributed by atoms with Gasteiger partial charge in [0.2, 0.25) is 11.8 Å². The zero-order valence-electron chi connectivity index (χ0n) is 22.7. The summed E-state index contributed by atoms with van der Waals surface area (Å²) in [7, 11) is 0. The number of unbranched alkanes of at least 4 members (excludes halogenated alkanes) is 2. The smallest absolute Gasteiger partial charge is 0.234 e. The van der Waals surface area contributed by atoms with Crippen LogP contribution in [0.15, 0.2) is 53.5 Å². The molecule has 3 saturated carbocycles. The number of anilines is 2. The molecule has 2 aromatic heterocycles. The monoisotopic (exact) mass is 531 g/mol. The fourth-order valence-corrected chi connectivity index (χ4v) is 5.83. The predicted molar refractivity (Wildman–Crippen MR) is 146 cm³/mol. The second kappa shape index (κ2) is 9.17. The van der Waals surface area contributed by atoms with Gasteiger partial charge in [0.1, 0.15) is 11.5 Å². The number of carbonyl (C=O) groups is 1. The van der Waals surface area contributed by atoms with E-state index in [1.54, 1.807) is 11.1 Å². The molecule has 3 fully saturated rings. The lowest BCUT2D eigenvalue weighted by Gasteiger charge is -2.65. The first-order valence-electron chi connectivity index (χ1n) is 13.6. The third-order valence-electron chi connectivity index (χ3n) is 7.90. The Kier molecular flexibility index (Phi) is 6.00.